The summed E-state index contributed by atoms with van der Waals surface area (Å²) in [5.74, 6) is -0.249. The second-order valence-electron chi connectivity index (χ2n) is 8.86. The van der Waals surface area contributed by atoms with Crippen molar-refractivity contribution in [1.82, 2.24) is 0 Å². The zero-order valence-corrected chi connectivity index (χ0v) is 17.1. The quantitative estimate of drug-likeness (QED) is 0.558. The van der Waals surface area contributed by atoms with Crippen molar-refractivity contribution < 1.29 is 9.53 Å². The summed E-state index contributed by atoms with van der Waals surface area (Å²) in [7, 11) is 1.51. The predicted molar refractivity (Wildman–Crippen MR) is 115 cm³/mol. The first-order valence-electron chi connectivity index (χ1n) is 10.3. The Labute approximate surface area is 172 Å². The van der Waals surface area contributed by atoms with Gasteiger partial charge in [-0.1, -0.05) is 105 Å². The molecule has 146 valence electrons. The third-order valence-corrected chi connectivity index (χ3v) is 7.87. The second-order valence-corrected chi connectivity index (χ2v) is 8.86. The van der Waals surface area contributed by atoms with Gasteiger partial charge >= 0.3 is 5.97 Å². The summed E-state index contributed by atoms with van der Waals surface area (Å²) in [6.07, 6.45) is 0. The van der Waals surface area contributed by atoms with E-state index in [0.717, 1.165) is 0 Å². The molecule has 3 aromatic carbocycles. The van der Waals surface area contributed by atoms with Crippen LogP contribution < -0.4 is 0 Å². The topological polar surface area (TPSA) is 26.3 Å². The Morgan fingerprint density at radius 1 is 0.724 bits per heavy atom. The van der Waals surface area contributed by atoms with E-state index >= 15 is 0 Å². The van der Waals surface area contributed by atoms with Crippen molar-refractivity contribution in [3.8, 4) is 0 Å². The molecule has 2 aliphatic rings. The molecule has 0 amide bonds. The van der Waals surface area contributed by atoms with E-state index in [4.69, 9.17) is 4.74 Å². The highest BCUT2D eigenvalue weighted by molar-refractivity contribution is 5.86. The lowest BCUT2D eigenvalue weighted by molar-refractivity contribution is -0.152. The molecule has 5 rings (SSSR count). The first-order chi connectivity index (χ1) is 14.0. The van der Waals surface area contributed by atoms with Crippen molar-refractivity contribution >= 4 is 5.97 Å². The van der Waals surface area contributed by atoms with Crippen molar-refractivity contribution in [1.29, 1.82) is 0 Å². The fraction of sp³-hybridized carbons (Fsp3) is 0.296. The summed E-state index contributed by atoms with van der Waals surface area (Å²) < 4.78 is 5.38. The summed E-state index contributed by atoms with van der Waals surface area (Å²) in [6.45, 7) is 4.65. The molecule has 0 heterocycles. The van der Waals surface area contributed by atoms with Gasteiger partial charge in [-0.3, -0.25) is 4.79 Å². The SMILES string of the molecule is COC(=O)[C@@H]1[C@H](c2ccccc2)[C@@]2(c3ccccc3)C(C)(C)[C@@]12c1ccccc1. The minimum Gasteiger partial charge on any atom is -0.469 e. The van der Waals surface area contributed by atoms with E-state index in [1.807, 2.05) is 12.1 Å². The fourth-order valence-corrected chi connectivity index (χ4v) is 7.10. The summed E-state index contributed by atoms with van der Waals surface area (Å²) >= 11 is 0. The molecule has 0 N–H and O–H groups in total. The first-order valence-corrected chi connectivity index (χ1v) is 10.3. The zero-order valence-electron chi connectivity index (χ0n) is 17.1. The number of hydrogen-bond donors (Lipinski definition) is 0. The molecule has 29 heavy (non-hydrogen) atoms. The number of esters is 1. The van der Waals surface area contributed by atoms with Crippen LogP contribution in [0.4, 0.5) is 0 Å². The Hall–Kier alpha value is -2.87. The molecular formula is C27H26O2. The number of rotatable bonds is 4. The van der Waals surface area contributed by atoms with Gasteiger partial charge in [-0.05, 0) is 22.1 Å². The van der Waals surface area contributed by atoms with E-state index in [9.17, 15) is 4.79 Å². The molecule has 2 nitrogen and oxygen atoms in total. The molecule has 0 bridgehead atoms. The van der Waals surface area contributed by atoms with Crippen LogP contribution in [0.3, 0.4) is 0 Å². The van der Waals surface area contributed by atoms with Gasteiger partial charge in [0.05, 0.1) is 13.0 Å². The molecule has 0 aromatic heterocycles. The van der Waals surface area contributed by atoms with Crippen LogP contribution in [0.2, 0.25) is 0 Å². The van der Waals surface area contributed by atoms with Crippen molar-refractivity contribution in [2.75, 3.05) is 7.11 Å². The number of methoxy groups -OCH3 is 1. The third-order valence-electron chi connectivity index (χ3n) is 7.87. The van der Waals surface area contributed by atoms with Crippen molar-refractivity contribution in [2.45, 2.75) is 30.6 Å². The minimum atomic E-state index is -0.282. The van der Waals surface area contributed by atoms with Crippen molar-refractivity contribution in [2.24, 2.45) is 11.3 Å². The van der Waals surface area contributed by atoms with Gasteiger partial charge in [0.15, 0.2) is 0 Å². The van der Waals surface area contributed by atoms with Crippen molar-refractivity contribution in [3.63, 3.8) is 0 Å². The molecule has 0 spiro atoms. The minimum absolute atomic E-state index is 0.0776. The number of carbonyl (C=O) groups is 1. The maximum atomic E-state index is 13.2. The Morgan fingerprint density at radius 2 is 1.17 bits per heavy atom. The standard InChI is InChI=1S/C27H26O2/c1-25(2)26(20-15-9-5-10-16-20)22(19-13-7-4-8-14-19)23(24(28)29-3)27(25,26)21-17-11-6-12-18-21/h4-18,22-23H,1-3H3/t22-,23-,26-,27+/m0/s1. The van der Waals surface area contributed by atoms with Crippen molar-refractivity contribution in [3.05, 3.63) is 108 Å². The highest BCUT2D eigenvalue weighted by atomic mass is 16.5. The summed E-state index contributed by atoms with van der Waals surface area (Å²) in [5, 5.41) is 0. The monoisotopic (exact) mass is 382 g/mol. The van der Waals surface area contributed by atoms with E-state index in [-0.39, 0.29) is 34.1 Å². The summed E-state index contributed by atoms with van der Waals surface area (Å²) in [4.78, 5) is 13.2. The molecule has 4 atom stereocenters. The van der Waals surface area contributed by atoms with Crippen LogP contribution in [0, 0.1) is 11.3 Å². The molecule has 0 unspecified atom stereocenters. The van der Waals surface area contributed by atoms with Crippen LogP contribution in [0.1, 0.15) is 36.5 Å². The fourth-order valence-electron chi connectivity index (χ4n) is 7.10. The number of fused-ring (bicyclic) bond motifs is 1. The van der Waals surface area contributed by atoms with Gasteiger partial charge in [0.2, 0.25) is 0 Å². The van der Waals surface area contributed by atoms with Crippen LogP contribution >= 0.6 is 0 Å². The van der Waals surface area contributed by atoms with Gasteiger partial charge in [-0.15, -0.1) is 0 Å². The zero-order chi connectivity index (χ0) is 20.3. The van der Waals surface area contributed by atoms with E-state index in [1.54, 1.807) is 0 Å². The van der Waals surface area contributed by atoms with E-state index in [1.165, 1.54) is 23.8 Å². The van der Waals surface area contributed by atoms with Gasteiger partial charge in [-0.2, -0.15) is 0 Å². The number of ether oxygens (including phenoxy) is 1. The first kappa shape index (κ1) is 18.2. The smallest absolute Gasteiger partial charge is 0.310 e. The Bertz CT molecular complexity index is 1040. The summed E-state index contributed by atoms with van der Waals surface area (Å²) in [5.41, 5.74) is 3.23. The normalized spacial score (nSPS) is 31.3. The predicted octanol–water partition coefficient (Wildman–Crippen LogP) is 5.49. The molecular weight excluding hydrogens is 356 g/mol. The average Bonchev–Trinajstić information content (AvgIpc) is 3.13. The lowest BCUT2D eigenvalue weighted by atomic mass is 9.51. The van der Waals surface area contributed by atoms with Gasteiger partial charge < -0.3 is 4.74 Å². The molecule has 2 heteroatoms. The van der Waals surface area contributed by atoms with E-state index in [2.05, 4.69) is 92.7 Å². The van der Waals surface area contributed by atoms with Gasteiger partial charge in [0, 0.05) is 16.7 Å². The van der Waals surface area contributed by atoms with Gasteiger partial charge in [0.1, 0.15) is 0 Å². The van der Waals surface area contributed by atoms with Gasteiger partial charge in [-0.25, -0.2) is 0 Å². The van der Waals surface area contributed by atoms with Crippen LogP contribution in [0.25, 0.3) is 0 Å². The maximum Gasteiger partial charge on any atom is 0.310 e. The molecule has 0 saturated heterocycles. The highest BCUT2D eigenvalue weighted by Crippen LogP contribution is 2.94. The Kier molecular flexibility index (Phi) is 3.80. The summed E-state index contributed by atoms with van der Waals surface area (Å²) in [6, 6.07) is 31.8. The maximum absolute atomic E-state index is 13.2. The highest BCUT2D eigenvalue weighted by Gasteiger charge is 2.97. The number of carbonyl (C=O) groups excluding carboxylic acids is 1. The van der Waals surface area contributed by atoms with E-state index in [0.29, 0.717) is 0 Å². The molecule has 0 radical (unpaired) electrons. The lowest BCUT2D eigenvalue weighted by Gasteiger charge is -2.50. The number of hydrogen-bond acceptors (Lipinski definition) is 2. The molecule has 3 aromatic rings. The van der Waals surface area contributed by atoms with Crippen LogP contribution in [-0.4, -0.2) is 13.1 Å². The van der Waals surface area contributed by atoms with Crippen LogP contribution in [0.15, 0.2) is 91.0 Å². The lowest BCUT2D eigenvalue weighted by Crippen LogP contribution is -2.54. The van der Waals surface area contributed by atoms with Crippen LogP contribution in [-0.2, 0) is 20.4 Å². The van der Waals surface area contributed by atoms with Crippen LogP contribution in [0.5, 0.6) is 0 Å². The Balaban J connectivity index is 1.82. The second kappa shape index (κ2) is 6.06. The molecule has 2 aliphatic carbocycles. The van der Waals surface area contributed by atoms with E-state index < -0.39 is 0 Å². The number of benzene rings is 3. The largest absolute Gasteiger partial charge is 0.469 e. The third kappa shape index (κ3) is 1.90. The molecule has 2 fully saturated rings. The molecule has 2 saturated carbocycles. The average molecular weight is 383 g/mol. The van der Waals surface area contributed by atoms with Gasteiger partial charge in [0.25, 0.3) is 0 Å². The molecule has 0 aliphatic heterocycles. The Morgan fingerprint density at radius 3 is 1.66 bits per heavy atom.